The maximum absolute atomic E-state index is 6.36. The molecule has 1 aromatic heterocycles. The van der Waals surface area contributed by atoms with E-state index in [-0.39, 0.29) is 0 Å². The second-order valence-corrected chi connectivity index (χ2v) is 7.66. The van der Waals surface area contributed by atoms with Crippen molar-refractivity contribution in [3.63, 3.8) is 0 Å². The molecule has 148 valence electrons. The third kappa shape index (κ3) is 3.98. The molecule has 0 unspecified atom stereocenters. The molecule has 0 amide bonds. The summed E-state index contributed by atoms with van der Waals surface area (Å²) >= 11 is 6.36. The van der Waals surface area contributed by atoms with Crippen LogP contribution in [0.4, 0.5) is 0 Å². The minimum Gasteiger partial charge on any atom is -0.227 e. The molecule has 0 aliphatic carbocycles. The van der Waals surface area contributed by atoms with E-state index in [1.54, 1.807) is 0 Å². The summed E-state index contributed by atoms with van der Waals surface area (Å²) in [5.74, 6) is 0.689. The maximum Gasteiger partial charge on any atom is 0.160 e. The fourth-order valence-corrected chi connectivity index (χ4v) is 3.90. The molecule has 4 aromatic carbocycles. The van der Waals surface area contributed by atoms with Crippen LogP contribution in [0.1, 0.15) is 0 Å². The van der Waals surface area contributed by atoms with Gasteiger partial charge in [-0.1, -0.05) is 115 Å². The van der Waals surface area contributed by atoms with Gasteiger partial charge in [-0.3, -0.25) is 0 Å². The van der Waals surface area contributed by atoms with Crippen LogP contribution in [0.15, 0.2) is 115 Å². The van der Waals surface area contributed by atoms with E-state index in [0.29, 0.717) is 10.8 Å². The van der Waals surface area contributed by atoms with E-state index in [9.17, 15) is 0 Å². The van der Waals surface area contributed by atoms with E-state index in [4.69, 9.17) is 21.6 Å². The topological polar surface area (TPSA) is 25.8 Å². The first-order chi connectivity index (χ1) is 15.3. The standard InChI is InChI=1S/C28H19ClN2/c29-24-18-10-17-23(19-24)27-25(20-11-4-1-5-12-20)26(21-13-6-2-7-14-21)30-28(31-27)22-15-8-3-9-16-22/h1-19H. The van der Waals surface area contributed by atoms with Crippen molar-refractivity contribution in [2.24, 2.45) is 0 Å². The van der Waals surface area contributed by atoms with Gasteiger partial charge in [0.1, 0.15) is 0 Å². The average Bonchev–Trinajstić information content (AvgIpc) is 2.85. The van der Waals surface area contributed by atoms with E-state index in [1.807, 2.05) is 91.0 Å². The lowest BCUT2D eigenvalue weighted by atomic mass is 9.94. The molecule has 0 fully saturated rings. The van der Waals surface area contributed by atoms with Crippen molar-refractivity contribution in [3.05, 3.63) is 120 Å². The zero-order chi connectivity index (χ0) is 21.0. The number of hydrogen-bond acceptors (Lipinski definition) is 2. The lowest BCUT2D eigenvalue weighted by Crippen LogP contribution is -2.00. The molecule has 3 heteroatoms. The monoisotopic (exact) mass is 418 g/mol. The van der Waals surface area contributed by atoms with Crippen LogP contribution in [-0.4, -0.2) is 9.97 Å². The van der Waals surface area contributed by atoms with E-state index in [0.717, 1.165) is 39.2 Å². The van der Waals surface area contributed by atoms with Crippen molar-refractivity contribution in [1.29, 1.82) is 0 Å². The van der Waals surface area contributed by atoms with Gasteiger partial charge in [0, 0.05) is 27.3 Å². The number of hydrogen-bond donors (Lipinski definition) is 0. The molecule has 1 heterocycles. The van der Waals surface area contributed by atoms with Crippen LogP contribution < -0.4 is 0 Å². The summed E-state index contributed by atoms with van der Waals surface area (Å²) in [6.45, 7) is 0. The van der Waals surface area contributed by atoms with Gasteiger partial charge in [-0.15, -0.1) is 0 Å². The van der Waals surface area contributed by atoms with Crippen LogP contribution in [0.25, 0.3) is 45.0 Å². The Hall–Kier alpha value is -3.75. The summed E-state index contributed by atoms with van der Waals surface area (Å²) < 4.78 is 0. The number of benzene rings is 4. The zero-order valence-electron chi connectivity index (χ0n) is 16.7. The SMILES string of the molecule is Clc1cccc(-c2nc(-c3ccccc3)nc(-c3ccccc3)c2-c2ccccc2)c1. The highest BCUT2D eigenvalue weighted by Gasteiger charge is 2.19. The Labute approximate surface area is 186 Å². The van der Waals surface area contributed by atoms with E-state index in [2.05, 4.69) is 24.3 Å². The summed E-state index contributed by atoms with van der Waals surface area (Å²) in [6.07, 6.45) is 0. The van der Waals surface area contributed by atoms with Gasteiger partial charge >= 0.3 is 0 Å². The normalized spacial score (nSPS) is 10.7. The second kappa shape index (κ2) is 8.55. The Morgan fingerprint density at radius 2 is 0.935 bits per heavy atom. The molecule has 5 aromatic rings. The largest absolute Gasteiger partial charge is 0.227 e. The molecular formula is C28H19ClN2. The van der Waals surface area contributed by atoms with Gasteiger partial charge in [-0.25, -0.2) is 9.97 Å². The minimum atomic E-state index is 0.678. The lowest BCUT2D eigenvalue weighted by molar-refractivity contribution is 1.18. The molecule has 0 radical (unpaired) electrons. The van der Waals surface area contributed by atoms with Crippen LogP contribution in [0.2, 0.25) is 5.02 Å². The Morgan fingerprint density at radius 3 is 1.52 bits per heavy atom. The Morgan fingerprint density at radius 1 is 0.452 bits per heavy atom. The van der Waals surface area contributed by atoms with Crippen LogP contribution in [0, 0.1) is 0 Å². The summed E-state index contributed by atoms with van der Waals surface area (Å²) in [7, 11) is 0. The number of aromatic nitrogens is 2. The lowest BCUT2D eigenvalue weighted by Gasteiger charge is -2.17. The van der Waals surface area contributed by atoms with E-state index in [1.165, 1.54) is 0 Å². The smallest absolute Gasteiger partial charge is 0.160 e. The average molecular weight is 419 g/mol. The minimum absolute atomic E-state index is 0.678. The second-order valence-electron chi connectivity index (χ2n) is 7.23. The van der Waals surface area contributed by atoms with Crippen molar-refractivity contribution in [2.45, 2.75) is 0 Å². The predicted octanol–water partition coefficient (Wildman–Crippen LogP) is 7.80. The van der Waals surface area contributed by atoms with Crippen LogP contribution in [0.3, 0.4) is 0 Å². The molecule has 0 saturated heterocycles. The number of nitrogens with zero attached hydrogens (tertiary/aromatic N) is 2. The summed E-state index contributed by atoms with van der Waals surface area (Å²) in [4.78, 5) is 10.1. The number of halogens is 1. The zero-order valence-corrected chi connectivity index (χ0v) is 17.5. The quantitative estimate of drug-likeness (QED) is 0.297. The third-order valence-corrected chi connectivity index (χ3v) is 5.38. The summed E-state index contributed by atoms with van der Waals surface area (Å²) in [5, 5.41) is 0.678. The molecule has 0 bridgehead atoms. The fourth-order valence-electron chi connectivity index (χ4n) is 3.70. The predicted molar refractivity (Wildman–Crippen MR) is 129 cm³/mol. The summed E-state index contributed by atoms with van der Waals surface area (Å²) in [6, 6.07) is 38.5. The van der Waals surface area contributed by atoms with Crippen LogP contribution in [0.5, 0.6) is 0 Å². The van der Waals surface area contributed by atoms with Crippen molar-refractivity contribution in [3.8, 4) is 45.0 Å². The van der Waals surface area contributed by atoms with Crippen molar-refractivity contribution >= 4 is 11.6 Å². The van der Waals surface area contributed by atoms with E-state index >= 15 is 0 Å². The van der Waals surface area contributed by atoms with Gasteiger partial charge in [-0.2, -0.15) is 0 Å². The van der Waals surface area contributed by atoms with Gasteiger partial charge in [0.2, 0.25) is 0 Å². The molecule has 0 N–H and O–H groups in total. The summed E-state index contributed by atoms with van der Waals surface area (Å²) in [5.41, 5.74) is 6.80. The molecule has 0 aliphatic rings. The van der Waals surface area contributed by atoms with Gasteiger partial charge in [-0.05, 0) is 17.7 Å². The molecule has 0 saturated carbocycles. The molecule has 0 spiro atoms. The van der Waals surface area contributed by atoms with Gasteiger partial charge in [0.25, 0.3) is 0 Å². The molecule has 5 rings (SSSR count). The first kappa shape index (κ1) is 19.2. The molecule has 0 atom stereocenters. The van der Waals surface area contributed by atoms with Gasteiger partial charge in [0.15, 0.2) is 5.82 Å². The Kier molecular flexibility index (Phi) is 5.30. The van der Waals surface area contributed by atoms with Gasteiger partial charge < -0.3 is 0 Å². The molecule has 31 heavy (non-hydrogen) atoms. The highest BCUT2D eigenvalue weighted by molar-refractivity contribution is 6.30. The third-order valence-electron chi connectivity index (χ3n) is 5.15. The molecular weight excluding hydrogens is 400 g/mol. The van der Waals surface area contributed by atoms with Crippen molar-refractivity contribution in [1.82, 2.24) is 9.97 Å². The van der Waals surface area contributed by atoms with Crippen molar-refractivity contribution < 1.29 is 0 Å². The van der Waals surface area contributed by atoms with Gasteiger partial charge in [0.05, 0.1) is 11.4 Å². The Bertz CT molecular complexity index is 1320. The fraction of sp³-hybridized carbons (Fsp3) is 0. The molecule has 0 aliphatic heterocycles. The first-order valence-corrected chi connectivity index (χ1v) is 10.5. The first-order valence-electron chi connectivity index (χ1n) is 10.1. The highest BCUT2D eigenvalue weighted by atomic mass is 35.5. The van der Waals surface area contributed by atoms with E-state index < -0.39 is 0 Å². The maximum atomic E-state index is 6.36. The Balaban J connectivity index is 1.88. The van der Waals surface area contributed by atoms with Crippen molar-refractivity contribution in [2.75, 3.05) is 0 Å². The molecule has 2 nitrogen and oxygen atoms in total. The highest BCUT2D eigenvalue weighted by Crippen LogP contribution is 2.39. The number of rotatable bonds is 4. The van der Waals surface area contributed by atoms with Crippen LogP contribution in [-0.2, 0) is 0 Å². The van der Waals surface area contributed by atoms with Crippen LogP contribution >= 0.6 is 11.6 Å².